The minimum Gasteiger partial charge on any atom is -0.313 e. The molecule has 0 bridgehead atoms. The summed E-state index contributed by atoms with van der Waals surface area (Å²) in [6.45, 7) is 5.60. The van der Waals surface area contributed by atoms with Crippen molar-refractivity contribution in [2.45, 2.75) is 32.2 Å². The fourth-order valence-corrected chi connectivity index (χ4v) is 2.21. The molecule has 1 atom stereocenters. The van der Waals surface area contributed by atoms with Crippen molar-refractivity contribution >= 4 is 0 Å². The fraction of sp³-hybridized carbons (Fsp3) is 0.667. The standard InChI is InChI=1S/C15H25N3/c1-13(14-6-7-14)16-10-12-18(2)11-8-15-5-3-4-9-17-15/h3-5,9,13-14,16H,6-8,10-12H2,1-2H3. The van der Waals surface area contributed by atoms with E-state index in [0.29, 0.717) is 6.04 Å². The molecule has 1 fully saturated rings. The summed E-state index contributed by atoms with van der Waals surface area (Å²) in [6, 6.07) is 6.83. The average Bonchev–Trinajstić information content (AvgIpc) is 3.22. The summed E-state index contributed by atoms with van der Waals surface area (Å²) in [5, 5.41) is 3.62. The Morgan fingerprint density at radius 2 is 2.22 bits per heavy atom. The molecule has 18 heavy (non-hydrogen) atoms. The highest BCUT2D eigenvalue weighted by molar-refractivity contribution is 5.03. The molecule has 0 amide bonds. The van der Waals surface area contributed by atoms with Crippen molar-refractivity contribution in [2.75, 3.05) is 26.7 Å². The first kappa shape index (κ1) is 13.5. The van der Waals surface area contributed by atoms with E-state index in [1.807, 2.05) is 12.3 Å². The summed E-state index contributed by atoms with van der Waals surface area (Å²) in [7, 11) is 2.19. The van der Waals surface area contributed by atoms with E-state index >= 15 is 0 Å². The zero-order valence-corrected chi connectivity index (χ0v) is 11.6. The summed E-state index contributed by atoms with van der Waals surface area (Å²) in [5.41, 5.74) is 1.18. The molecule has 1 heterocycles. The van der Waals surface area contributed by atoms with Crippen LogP contribution in [-0.4, -0.2) is 42.6 Å². The van der Waals surface area contributed by atoms with Crippen LogP contribution in [-0.2, 0) is 6.42 Å². The van der Waals surface area contributed by atoms with Crippen molar-refractivity contribution in [1.82, 2.24) is 15.2 Å². The third-order valence-electron chi connectivity index (χ3n) is 3.76. The van der Waals surface area contributed by atoms with Crippen LogP contribution in [0.2, 0.25) is 0 Å². The lowest BCUT2D eigenvalue weighted by Crippen LogP contribution is -2.36. The molecule has 3 heteroatoms. The third-order valence-corrected chi connectivity index (χ3v) is 3.76. The van der Waals surface area contributed by atoms with E-state index in [-0.39, 0.29) is 0 Å². The second kappa shape index (κ2) is 6.86. The molecule has 1 N–H and O–H groups in total. The Morgan fingerprint density at radius 1 is 1.39 bits per heavy atom. The molecule has 100 valence electrons. The first-order chi connectivity index (χ1) is 8.75. The molecule has 1 unspecified atom stereocenters. The van der Waals surface area contributed by atoms with Crippen LogP contribution in [0, 0.1) is 5.92 Å². The Labute approximate surface area is 111 Å². The number of hydrogen-bond acceptors (Lipinski definition) is 3. The van der Waals surface area contributed by atoms with Gasteiger partial charge in [-0.2, -0.15) is 0 Å². The van der Waals surface area contributed by atoms with Crippen molar-refractivity contribution in [3.63, 3.8) is 0 Å². The lowest BCUT2D eigenvalue weighted by atomic mass is 10.2. The molecule has 0 spiro atoms. The number of pyridine rings is 1. The van der Waals surface area contributed by atoms with E-state index in [0.717, 1.165) is 32.0 Å². The Balaban J connectivity index is 1.56. The van der Waals surface area contributed by atoms with Crippen LogP contribution in [0.4, 0.5) is 0 Å². The summed E-state index contributed by atoms with van der Waals surface area (Å²) >= 11 is 0. The minimum absolute atomic E-state index is 0.703. The highest BCUT2D eigenvalue weighted by atomic mass is 15.1. The van der Waals surface area contributed by atoms with Crippen LogP contribution < -0.4 is 5.32 Å². The highest BCUT2D eigenvalue weighted by Crippen LogP contribution is 2.32. The maximum Gasteiger partial charge on any atom is 0.0416 e. The van der Waals surface area contributed by atoms with E-state index in [2.05, 4.69) is 41.3 Å². The Morgan fingerprint density at radius 3 is 2.89 bits per heavy atom. The molecule has 0 aromatic carbocycles. The Kier molecular flexibility index (Phi) is 5.14. The number of nitrogens with one attached hydrogen (secondary N) is 1. The van der Waals surface area contributed by atoms with E-state index in [4.69, 9.17) is 0 Å². The summed E-state index contributed by atoms with van der Waals surface area (Å²) in [5.74, 6) is 0.948. The van der Waals surface area contributed by atoms with E-state index < -0.39 is 0 Å². The monoisotopic (exact) mass is 247 g/mol. The maximum atomic E-state index is 4.35. The second-order valence-electron chi connectivity index (χ2n) is 5.45. The number of rotatable bonds is 8. The predicted octanol–water partition coefficient (Wildman–Crippen LogP) is 1.94. The third kappa shape index (κ3) is 4.75. The van der Waals surface area contributed by atoms with Gasteiger partial charge < -0.3 is 10.2 Å². The lowest BCUT2D eigenvalue weighted by Gasteiger charge is -2.19. The predicted molar refractivity (Wildman–Crippen MR) is 75.6 cm³/mol. The summed E-state index contributed by atoms with van der Waals surface area (Å²) in [6.07, 6.45) is 5.75. The molecule has 0 radical (unpaired) electrons. The summed E-state index contributed by atoms with van der Waals surface area (Å²) < 4.78 is 0. The van der Waals surface area contributed by atoms with Crippen LogP contribution in [0.3, 0.4) is 0 Å². The first-order valence-corrected chi connectivity index (χ1v) is 7.07. The Hall–Kier alpha value is -0.930. The fourth-order valence-electron chi connectivity index (χ4n) is 2.21. The van der Waals surface area contributed by atoms with Crippen LogP contribution in [0.5, 0.6) is 0 Å². The maximum absolute atomic E-state index is 4.35. The van der Waals surface area contributed by atoms with Gasteiger partial charge in [-0.15, -0.1) is 0 Å². The SMILES string of the molecule is CC(NCCN(C)CCc1ccccn1)C1CC1. The molecule has 0 saturated heterocycles. The van der Waals surface area contributed by atoms with Gasteiger partial charge in [0.05, 0.1) is 0 Å². The smallest absolute Gasteiger partial charge is 0.0416 e. The Bertz CT molecular complexity index is 335. The van der Waals surface area contributed by atoms with Gasteiger partial charge in [0.2, 0.25) is 0 Å². The molecule has 1 aliphatic carbocycles. The topological polar surface area (TPSA) is 28.2 Å². The van der Waals surface area contributed by atoms with Crippen molar-refractivity contribution in [3.8, 4) is 0 Å². The number of likely N-dealkylation sites (N-methyl/N-ethyl adjacent to an activating group) is 1. The second-order valence-corrected chi connectivity index (χ2v) is 5.45. The van der Waals surface area contributed by atoms with Gasteiger partial charge in [-0.25, -0.2) is 0 Å². The molecule has 1 aromatic heterocycles. The van der Waals surface area contributed by atoms with Gasteiger partial charge in [0.25, 0.3) is 0 Å². The molecule has 0 aliphatic heterocycles. The number of aromatic nitrogens is 1. The van der Waals surface area contributed by atoms with Crippen LogP contribution in [0.15, 0.2) is 24.4 Å². The van der Waals surface area contributed by atoms with Crippen LogP contribution >= 0.6 is 0 Å². The van der Waals surface area contributed by atoms with Crippen molar-refractivity contribution in [1.29, 1.82) is 0 Å². The summed E-state index contributed by atoms with van der Waals surface area (Å²) in [4.78, 5) is 6.72. The van der Waals surface area contributed by atoms with E-state index in [9.17, 15) is 0 Å². The minimum atomic E-state index is 0.703. The normalized spacial score (nSPS) is 17.1. The quantitative estimate of drug-likeness (QED) is 0.761. The molecular formula is C15H25N3. The molecule has 2 rings (SSSR count). The number of hydrogen-bond donors (Lipinski definition) is 1. The first-order valence-electron chi connectivity index (χ1n) is 7.07. The molecule has 3 nitrogen and oxygen atoms in total. The highest BCUT2D eigenvalue weighted by Gasteiger charge is 2.27. The van der Waals surface area contributed by atoms with E-state index in [1.54, 1.807) is 0 Å². The van der Waals surface area contributed by atoms with Gasteiger partial charge in [-0.3, -0.25) is 4.98 Å². The van der Waals surface area contributed by atoms with Gasteiger partial charge in [-0.05, 0) is 44.9 Å². The molecule has 1 saturated carbocycles. The van der Waals surface area contributed by atoms with Gasteiger partial charge in [0.15, 0.2) is 0 Å². The van der Waals surface area contributed by atoms with Crippen molar-refractivity contribution in [2.24, 2.45) is 5.92 Å². The van der Waals surface area contributed by atoms with Gasteiger partial charge in [0, 0.05) is 44.0 Å². The zero-order chi connectivity index (χ0) is 12.8. The zero-order valence-electron chi connectivity index (χ0n) is 11.6. The average molecular weight is 247 g/mol. The van der Waals surface area contributed by atoms with Gasteiger partial charge in [-0.1, -0.05) is 6.07 Å². The van der Waals surface area contributed by atoms with Crippen LogP contribution in [0.1, 0.15) is 25.5 Å². The van der Waals surface area contributed by atoms with Crippen LogP contribution in [0.25, 0.3) is 0 Å². The van der Waals surface area contributed by atoms with Crippen molar-refractivity contribution < 1.29 is 0 Å². The van der Waals surface area contributed by atoms with E-state index in [1.165, 1.54) is 18.5 Å². The number of nitrogens with zero attached hydrogens (tertiary/aromatic N) is 2. The molecule has 1 aromatic rings. The molecular weight excluding hydrogens is 222 g/mol. The lowest BCUT2D eigenvalue weighted by molar-refractivity contribution is 0.324. The largest absolute Gasteiger partial charge is 0.313 e. The van der Waals surface area contributed by atoms with Crippen molar-refractivity contribution in [3.05, 3.63) is 30.1 Å². The molecule has 1 aliphatic rings. The van der Waals surface area contributed by atoms with Gasteiger partial charge in [0.1, 0.15) is 0 Å². The van der Waals surface area contributed by atoms with Gasteiger partial charge >= 0.3 is 0 Å².